The van der Waals surface area contributed by atoms with Crippen molar-refractivity contribution in [3.8, 4) is 0 Å². The van der Waals surface area contributed by atoms with Gasteiger partial charge in [0.1, 0.15) is 5.82 Å². The van der Waals surface area contributed by atoms with E-state index in [0.29, 0.717) is 0 Å². The SMILES string of the molecule is CC(CCl)(Nc1ncccc1C(F)(F)F)c1ccccc1. The first kappa shape index (κ1) is 15.6. The second-order valence-corrected chi connectivity index (χ2v) is 5.12. The minimum absolute atomic E-state index is 0.102. The third-order valence-corrected chi connectivity index (χ3v) is 3.72. The fourth-order valence-corrected chi connectivity index (χ4v) is 2.20. The Balaban J connectivity index is 2.41. The average Bonchev–Trinajstić information content (AvgIpc) is 2.47. The van der Waals surface area contributed by atoms with Crippen LogP contribution in [0.1, 0.15) is 18.1 Å². The Morgan fingerprint density at radius 2 is 1.76 bits per heavy atom. The van der Waals surface area contributed by atoms with Gasteiger partial charge in [-0.1, -0.05) is 30.3 Å². The normalized spacial score (nSPS) is 14.5. The molecule has 0 aliphatic heterocycles. The van der Waals surface area contributed by atoms with Gasteiger partial charge in [-0.2, -0.15) is 13.2 Å². The minimum Gasteiger partial charge on any atom is -0.359 e. The molecular weight excluding hydrogens is 301 g/mol. The number of hydrogen-bond acceptors (Lipinski definition) is 2. The van der Waals surface area contributed by atoms with Crippen molar-refractivity contribution in [2.45, 2.75) is 18.6 Å². The molecule has 0 saturated carbocycles. The van der Waals surface area contributed by atoms with Gasteiger partial charge in [-0.05, 0) is 24.6 Å². The second-order valence-electron chi connectivity index (χ2n) is 4.85. The van der Waals surface area contributed by atoms with Gasteiger partial charge in [0, 0.05) is 12.1 Å². The van der Waals surface area contributed by atoms with Crippen molar-refractivity contribution >= 4 is 17.4 Å². The van der Waals surface area contributed by atoms with Gasteiger partial charge >= 0.3 is 6.18 Å². The maximum absolute atomic E-state index is 13.0. The smallest absolute Gasteiger partial charge is 0.359 e. The van der Waals surface area contributed by atoms with Crippen LogP contribution in [0.2, 0.25) is 0 Å². The van der Waals surface area contributed by atoms with Crippen molar-refractivity contribution in [2.24, 2.45) is 0 Å². The quantitative estimate of drug-likeness (QED) is 0.830. The third kappa shape index (κ3) is 3.47. The number of benzene rings is 1. The van der Waals surface area contributed by atoms with E-state index >= 15 is 0 Å². The molecule has 21 heavy (non-hydrogen) atoms. The summed E-state index contributed by atoms with van der Waals surface area (Å²) in [6, 6.07) is 11.3. The van der Waals surface area contributed by atoms with E-state index in [1.807, 2.05) is 30.3 Å². The topological polar surface area (TPSA) is 24.9 Å². The molecule has 0 spiro atoms. The molecule has 0 aliphatic rings. The van der Waals surface area contributed by atoms with Crippen LogP contribution in [0.3, 0.4) is 0 Å². The predicted molar refractivity (Wildman–Crippen MR) is 77.4 cm³/mol. The van der Waals surface area contributed by atoms with E-state index in [-0.39, 0.29) is 11.7 Å². The summed E-state index contributed by atoms with van der Waals surface area (Å²) in [6.45, 7) is 1.74. The van der Waals surface area contributed by atoms with E-state index in [4.69, 9.17) is 11.6 Å². The van der Waals surface area contributed by atoms with Crippen LogP contribution in [0.5, 0.6) is 0 Å². The van der Waals surface area contributed by atoms with E-state index in [9.17, 15) is 13.2 Å². The molecule has 0 radical (unpaired) electrons. The van der Waals surface area contributed by atoms with Gasteiger partial charge in [0.05, 0.1) is 11.1 Å². The molecule has 1 aromatic carbocycles. The van der Waals surface area contributed by atoms with E-state index in [0.717, 1.165) is 11.6 Å². The Morgan fingerprint density at radius 1 is 1.10 bits per heavy atom. The number of nitrogens with zero attached hydrogens (tertiary/aromatic N) is 1. The van der Waals surface area contributed by atoms with Crippen LogP contribution in [0.25, 0.3) is 0 Å². The Hall–Kier alpha value is -1.75. The average molecular weight is 315 g/mol. The number of pyridine rings is 1. The lowest BCUT2D eigenvalue weighted by Gasteiger charge is -2.31. The Bertz CT molecular complexity index is 601. The van der Waals surface area contributed by atoms with Gasteiger partial charge < -0.3 is 5.32 Å². The number of hydrogen-bond donors (Lipinski definition) is 1. The number of alkyl halides is 4. The van der Waals surface area contributed by atoms with E-state index in [2.05, 4.69) is 10.3 Å². The third-order valence-electron chi connectivity index (χ3n) is 3.19. The summed E-state index contributed by atoms with van der Waals surface area (Å²) in [6.07, 6.45) is -3.16. The summed E-state index contributed by atoms with van der Waals surface area (Å²) in [5, 5.41) is 2.83. The first-order valence-electron chi connectivity index (χ1n) is 6.29. The molecule has 2 rings (SSSR count). The lowest BCUT2D eigenvalue weighted by molar-refractivity contribution is -0.137. The van der Waals surface area contributed by atoms with Crippen molar-refractivity contribution in [3.05, 3.63) is 59.8 Å². The molecule has 1 unspecified atom stereocenters. The molecule has 1 N–H and O–H groups in total. The molecule has 2 nitrogen and oxygen atoms in total. The number of aromatic nitrogens is 1. The summed E-state index contributed by atoms with van der Waals surface area (Å²) in [5.41, 5.74) is -0.868. The zero-order valence-corrected chi connectivity index (χ0v) is 12.0. The summed E-state index contributed by atoms with van der Waals surface area (Å²) in [4.78, 5) is 3.81. The molecule has 2 aromatic rings. The highest BCUT2D eigenvalue weighted by Gasteiger charge is 2.36. The van der Waals surface area contributed by atoms with Crippen LogP contribution >= 0.6 is 11.6 Å². The van der Waals surface area contributed by atoms with E-state index < -0.39 is 17.3 Å². The van der Waals surface area contributed by atoms with Gasteiger partial charge in [-0.3, -0.25) is 0 Å². The van der Waals surface area contributed by atoms with Crippen LogP contribution in [0.15, 0.2) is 48.7 Å². The van der Waals surface area contributed by atoms with Crippen molar-refractivity contribution in [1.82, 2.24) is 4.98 Å². The van der Waals surface area contributed by atoms with Crippen LogP contribution < -0.4 is 5.32 Å². The molecule has 0 aliphatic carbocycles. The lowest BCUT2D eigenvalue weighted by Crippen LogP contribution is -2.35. The maximum atomic E-state index is 13.0. The number of anilines is 1. The van der Waals surface area contributed by atoms with Crippen molar-refractivity contribution < 1.29 is 13.2 Å². The fraction of sp³-hybridized carbons (Fsp3) is 0.267. The largest absolute Gasteiger partial charge is 0.419 e. The van der Waals surface area contributed by atoms with Crippen LogP contribution in [0.4, 0.5) is 19.0 Å². The summed E-state index contributed by atoms with van der Waals surface area (Å²) < 4.78 is 39.1. The van der Waals surface area contributed by atoms with Gasteiger partial charge in [0.25, 0.3) is 0 Å². The standard InChI is InChI=1S/C15H14ClF3N2/c1-14(10-16,11-6-3-2-4-7-11)21-13-12(15(17,18)19)8-5-9-20-13/h2-9H,10H2,1H3,(H,20,21). The number of rotatable bonds is 4. The highest BCUT2D eigenvalue weighted by molar-refractivity contribution is 6.18. The van der Waals surface area contributed by atoms with Crippen LogP contribution in [0, 0.1) is 0 Å². The monoisotopic (exact) mass is 314 g/mol. The molecule has 1 heterocycles. The molecule has 112 valence electrons. The van der Waals surface area contributed by atoms with Gasteiger partial charge in [-0.25, -0.2) is 4.98 Å². The molecule has 0 bridgehead atoms. The minimum atomic E-state index is -4.47. The first-order chi connectivity index (χ1) is 9.87. The van der Waals surface area contributed by atoms with Gasteiger partial charge in [0.15, 0.2) is 0 Å². The molecule has 0 amide bonds. The fourth-order valence-electron chi connectivity index (χ4n) is 1.98. The molecular formula is C15H14ClF3N2. The summed E-state index contributed by atoms with van der Waals surface area (Å²) in [5.74, 6) is -0.123. The highest BCUT2D eigenvalue weighted by Crippen LogP contribution is 2.36. The number of nitrogens with one attached hydrogen (secondary N) is 1. The van der Waals surface area contributed by atoms with Crippen LogP contribution in [-0.4, -0.2) is 10.9 Å². The first-order valence-corrected chi connectivity index (χ1v) is 6.82. The van der Waals surface area contributed by atoms with Crippen molar-refractivity contribution in [2.75, 3.05) is 11.2 Å². The summed E-state index contributed by atoms with van der Waals surface area (Å²) in [7, 11) is 0. The zero-order chi connectivity index (χ0) is 15.5. The van der Waals surface area contributed by atoms with Crippen molar-refractivity contribution in [1.29, 1.82) is 0 Å². The molecule has 1 aromatic heterocycles. The number of halogens is 4. The Labute approximate surface area is 126 Å². The molecule has 0 saturated heterocycles. The summed E-state index contributed by atoms with van der Waals surface area (Å²) >= 11 is 5.99. The van der Waals surface area contributed by atoms with Gasteiger partial charge in [-0.15, -0.1) is 11.6 Å². The van der Waals surface area contributed by atoms with Crippen LogP contribution in [-0.2, 0) is 11.7 Å². The predicted octanol–water partition coefficient (Wildman–Crippen LogP) is 4.67. The maximum Gasteiger partial charge on any atom is 0.419 e. The molecule has 6 heteroatoms. The Kier molecular flexibility index (Phi) is 4.42. The van der Waals surface area contributed by atoms with E-state index in [1.165, 1.54) is 12.3 Å². The zero-order valence-electron chi connectivity index (χ0n) is 11.3. The van der Waals surface area contributed by atoms with E-state index in [1.54, 1.807) is 6.92 Å². The van der Waals surface area contributed by atoms with Crippen molar-refractivity contribution in [3.63, 3.8) is 0 Å². The lowest BCUT2D eigenvalue weighted by atomic mass is 9.94. The molecule has 1 atom stereocenters. The second kappa shape index (κ2) is 5.93. The highest BCUT2D eigenvalue weighted by atomic mass is 35.5. The van der Waals surface area contributed by atoms with Gasteiger partial charge in [0.2, 0.25) is 0 Å². The molecule has 0 fully saturated rings. The Morgan fingerprint density at radius 3 is 2.33 bits per heavy atom.